The Morgan fingerprint density at radius 1 is 0.946 bits per heavy atom. The normalized spacial score (nSPS) is 16.1. The Kier molecular flexibility index (Phi) is 5.48. The lowest BCUT2D eigenvalue weighted by Gasteiger charge is -2.18. The number of nitrogens with one attached hydrogen (secondary N) is 2. The molecule has 1 atom stereocenters. The molecule has 0 radical (unpaired) electrons. The first-order chi connectivity index (χ1) is 17.9. The third kappa shape index (κ3) is 4.02. The van der Waals surface area contributed by atoms with E-state index in [1.807, 2.05) is 12.1 Å². The number of ether oxygens (including phenoxy) is 1. The number of aromatic amines is 1. The fourth-order valence-corrected chi connectivity index (χ4v) is 5.31. The number of ketones is 2. The minimum atomic E-state index is -0.585. The first kappa shape index (κ1) is 22.9. The fourth-order valence-electron chi connectivity index (χ4n) is 5.31. The predicted octanol–water partition coefficient (Wildman–Crippen LogP) is 4.86. The monoisotopic (exact) mass is 492 g/mol. The molecule has 4 aromatic rings. The van der Waals surface area contributed by atoms with E-state index in [1.165, 1.54) is 23.4 Å². The standard InChI is InChI=1S/C30H24N2O5/c1-16-6-10-25-22(12-16)23-13-17(7-11-26(23)32-25)30(36)37-15-27(33)31-18-8-9-21-24(14-18)29(35)20-5-3-2-4-19(20)28(21)34/h2-5,7-9,11,13-14,16,32H,6,10,12,15H2,1H3,(H,31,33). The van der Waals surface area contributed by atoms with E-state index in [-0.39, 0.29) is 17.1 Å². The summed E-state index contributed by atoms with van der Waals surface area (Å²) in [4.78, 5) is 54.3. The summed E-state index contributed by atoms with van der Waals surface area (Å²) in [6.07, 6.45) is 3.11. The van der Waals surface area contributed by atoms with Gasteiger partial charge in [-0.2, -0.15) is 0 Å². The van der Waals surface area contributed by atoms with Crippen molar-refractivity contribution in [2.45, 2.75) is 26.2 Å². The van der Waals surface area contributed by atoms with Crippen molar-refractivity contribution in [3.8, 4) is 0 Å². The van der Waals surface area contributed by atoms with Crippen molar-refractivity contribution < 1.29 is 23.9 Å². The fraction of sp³-hybridized carbons (Fsp3) is 0.200. The van der Waals surface area contributed by atoms with E-state index < -0.39 is 18.5 Å². The van der Waals surface area contributed by atoms with Crippen LogP contribution in [0.15, 0.2) is 60.7 Å². The number of aryl methyl sites for hydroxylation is 1. The van der Waals surface area contributed by atoms with Gasteiger partial charge in [-0.3, -0.25) is 14.4 Å². The summed E-state index contributed by atoms with van der Waals surface area (Å²) in [7, 11) is 0. The number of fused-ring (bicyclic) bond motifs is 5. The summed E-state index contributed by atoms with van der Waals surface area (Å²) < 4.78 is 5.27. The van der Waals surface area contributed by atoms with Crippen LogP contribution in [0.2, 0.25) is 0 Å². The minimum absolute atomic E-state index is 0.230. The minimum Gasteiger partial charge on any atom is -0.452 e. The van der Waals surface area contributed by atoms with Gasteiger partial charge in [0, 0.05) is 44.5 Å². The summed E-state index contributed by atoms with van der Waals surface area (Å²) in [5.41, 5.74) is 5.45. The Bertz CT molecular complexity index is 1630. The Hall–Kier alpha value is -4.52. The van der Waals surface area contributed by atoms with Crippen LogP contribution in [0, 0.1) is 5.92 Å². The highest BCUT2D eigenvalue weighted by molar-refractivity contribution is 6.28. The van der Waals surface area contributed by atoms with E-state index in [2.05, 4.69) is 17.2 Å². The van der Waals surface area contributed by atoms with E-state index in [0.717, 1.165) is 30.2 Å². The van der Waals surface area contributed by atoms with E-state index in [4.69, 9.17) is 4.74 Å². The molecule has 0 saturated carbocycles. The molecule has 0 saturated heterocycles. The molecule has 6 rings (SSSR count). The van der Waals surface area contributed by atoms with Gasteiger partial charge in [-0.25, -0.2) is 4.79 Å². The molecule has 3 aromatic carbocycles. The van der Waals surface area contributed by atoms with Crippen LogP contribution >= 0.6 is 0 Å². The Morgan fingerprint density at radius 3 is 2.46 bits per heavy atom. The first-order valence-corrected chi connectivity index (χ1v) is 12.3. The summed E-state index contributed by atoms with van der Waals surface area (Å²) in [5, 5.41) is 3.67. The van der Waals surface area contributed by atoms with Crippen LogP contribution in [0.25, 0.3) is 10.9 Å². The van der Waals surface area contributed by atoms with Gasteiger partial charge in [-0.05, 0) is 67.1 Å². The van der Waals surface area contributed by atoms with Gasteiger partial charge in [0.05, 0.1) is 5.56 Å². The topological polar surface area (TPSA) is 105 Å². The number of H-pyrrole nitrogens is 1. The molecule has 2 aliphatic carbocycles. The lowest BCUT2D eigenvalue weighted by molar-refractivity contribution is -0.119. The Morgan fingerprint density at radius 2 is 1.68 bits per heavy atom. The van der Waals surface area contributed by atoms with Gasteiger partial charge in [-0.1, -0.05) is 31.2 Å². The van der Waals surface area contributed by atoms with Gasteiger partial charge in [0.1, 0.15) is 0 Å². The molecule has 1 heterocycles. The number of esters is 1. The second-order valence-electron chi connectivity index (χ2n) is 9.78. The van der Waals surface area contributed by atoms with Crippen molar-refractivity contribution in [1.82, 2.24) is 4.98 Å². The molecular weight excluding hydrogens is 468 g/mol. The van der Waals surface area contributed by atoms with Gasteiger partial charge in [0.15, 0.2) is 18.2 Å². The molecule has 7 nitrogen and oxygen atoms in total. The zero-order valence-electron chi connectivity index (χ0n) is 20.2. The zero-order valence-corrected chi connectivity index (χ0v) is 20.2. The van der Waals surface area contributed by atoms with Crippen LogP contribution < -0.4 is 5.32 Å². The van der Waals surface area contributed by atoms with Crippen molar-refractivity contribution in [2.75, 3.05) is 11.9 Å². The van der Waals surface area contributed by atoms with Gasteiger partial charge in [-0.15, -0.1) is 0 Å². The van der Waals surface area contributed by atoms with Crippen molar-refractivity contribution >= 4 is 40.0 Å². The molecule has 0 bridgehead atoms. The third-order valence-electron chi connectivity index (χ3n) is 7.21. The molecule has 1 unspecified atom stereocenters. The molecule has 1 aromatic heterocycles. The van der Waals surface area contributed by atoms with E-state index in [9.17, 15) is 19.2 Å². The maximum absolute atomic E-state index is 12.9. The largest absolute Gasteiger partial charge is 0.452 e. The number of carbonyl (C=O) groups is 4. The van der Waals surface area contributed by atoms with Crippen LogP contribution in [0.3, 0.4) is 0 Å². The number of hydrogen-bond acceptors (Lipinski definition) is 5. The summed E-state index contributed by atoms with van der Waals surface area (Å²) in [6.45, 7) is 1.75. The van der Waals surface area contributed by atoms with E-state index in [1.54, 1.807) is 36.4 Å². The first-order valence-electron chi connectivity index (χ1n) is 12.3. The number of rotatable bonds is 4. The Balaban J connectivity index is 1.14. The van der Waals surface area contributed by atoms with Crippen molar-refractivity contribution in [3.63, 3.8) is 0 Å². The highest BCUT2D eigenvalue weighted by Crippen LogP contribution is 2.32. The van der Waals surface area contributed by atoms with Crippen LogP contribution in [-0.4, -0.2) is 35.0 Å². The molecule has 0 aliphatic heterocycles. The van der Waals surface area contributed by atoms with Crippen LogP contribution in [-0.2, 0) is 22.4 Å². The lowest BCUT2D eigenvalue weighted by Crippen LogP contribution is -2.23. The average Bonchev–Trinajstić information content (AvgIpc) is 3.27. The van der Waals surface area contributed by atoms with Crippen molar-refractivity contribution in [2.24, 2.45) is 5.92 Å². The van der Waals surface area contributed by atoms with Gasteiger partial charge in [0.25, 0.3) is 5.91 Å². The molecule has 0 fully saturated rings. The quantitative estimate of drug-likeness (QED) is 0.349. The molecule has 184 valence electrons. The van der Waals surface area contributed by atoms with Crippen LogP contribution in [0.4, 0.5) is 5.69 Å². The average molecular weight is 493 g/mol. The van der Waals surface area contributed by atoms with Crippen molar-refractivity contribution in [1.29, 1.82) is 0 Å². The van der Waals surface area contributed by atoms with Crippen LogP contribution in [0.5, 0.6) is 0 Å². The molecule has 7 heteroatoms. The number of amides is 1. The second-order valence-corrected chi connectivity index (χ2v) is 9.78. The Labute approximate surface area is 212 Å². The SMILES string of the molecule is CC1CCc2[nH]c3ccc(C(=O)OCC(=O)Nc4ccc5c(c4)C(=O)c4ccccc4C5=O)cc3c2C1. The summed E-state index contributed by atoms with van der Waals surface area (Å²) >= 11 is 0. The zero-order chi connectivity index (χ0) is 25.7. The molecule has 2 aliphatic rings. The smallest absolute Gasteiger partial charge is 0.338 e. The maximum atomic E-state index is 12.9. The van der Waals surface area contributed by atoms with Crippen molar-refractivity contribution in [3.05, 3.63) is 99.7 Å². The van der Waals surface area contributed by atoms with E-state index >= 15 is 0 Å². The van der Waals surface area contributed by atoms with E-state index in [0.29, 0.717) is 33.9 Å². The number of anilines is 1. The highest BCUT2D eigenvalue weighted by Gasteiger charge is 2.29. The number of benzene rings is 3. The summed E-state index contributed by atoms with van der Waals surface area (Å²) in [6, 6.07) is 16.6. The summed E-state index contributed by atoms with van der Waals surface area (Å²) in [5.74, 6) is -1.04. The molecule has 0 spiro atoms. The lowest BCUT2D eigenvalue weighted by atomic mass is 9.84. The second kappa shape index (κ2) is 8.85. The number of carbonyl (C=O) groups excluding carboxylic acids is 4. The third-order valence-corrected chi connectivity index (χ3v) is 7.21. The predicted molar refractivity (Wildman–Crippen MR) is 138 cm³/mol. The molecular formula is C30H24N2O5. The molecule has 2 N–H and O–H groups in total. The van der Waals surface area contributed by atoms with Gasteiger partial charge < -0.3 is 15.0 Å². The van der Waals surface area contributed by atoms with Crippen LogP contribution in [0.1, 0.15) is 66.8 Å². The van der Waals surface area contributed by atoms with Gasteiger partial charge in [0.2, 0.25) is 0 Å². The molecule has 1 amide bonds. The maximum Gasteiger partial charge on any atom is 0.338 e. The molecule has 37 heavy (non-hydrogen) atoms. The number of aromatic nitrogens is 1. The number of hydrogen-bond donors (Lipinski definition) is 2. The highest BCUT2D eigenvalue weighted by atomic mass is 16.5. The van der Waals surface area contributed by atoms with Gasteiger partial charge >= 0.3 is 5.97 Å².